The van der Waals surface area contributed by atoms with Crippen LogP contribution in [0.15, 0.2) is 23.1 Å². The molecule has 0 heterocycles. The van der Waals surface area contributed by atoms with Gasteiger partial charge in [-0.3, -0.25) is 0 Å². The average Bonchev–Trinajstić information content (AvgIpc) is 3.11. The van der Waals surface area contributed by atoms with Gasteiger partial charge in [0.05, 0.1) is 4.90 Å². The minimum Gasteiger partial charge on any atom is -0.326 e. The number of rotatable bonds is 6. The van der Waals surface area contributed by atoms with Crippen LogP contribution in [-0.4, -0.2) is 14.5 Å². The first-order chi connectivity index (χ1) is 8.92. The number of nitrogens with one attached hydrogen (secondary N) is 1. The maximum atomic E-state index is 12.2. The van der Waals surface area contributed by atoms with Crippen molar-refractivity contribution in [1.82, 2.24) is 4.72 Å². The maximum Gasteiger partial charge on any atom is 0.240 e. The first-order valence-electron chi connectivity index (χ1n) is 6.43. The highest BCUT2D eigenvalue weighted by molar-refractivity contribution is 7.89. The molecule has 0 saturated heterocycles. The number of nitrogens with two attached hydrogens (primary N) is 1. The standard InChI is InChI=1S/C13H19ClN2O2S/c1-9(6-10-2-3-10)16-19(17,18)12-5-4-11(8-15)13(14)7-12/h4-5,7,9-10,16H,2-3,6,8,15H2,1H3. The molecule has 1 aromatic carbocycles. The molecular formula is C13H19ClN2O2S. The van der Waals surface area contributed by atoms with Crippen molar-refractivity contribution in [2.45, 2.75) is 43.7 Å². The van der Waals surface area contributed by atoms with Gasteiger partial charge in [0.15, 0.2) is 0 Å². The molecule has 1 aromatic rings. The third kappa shape index (κ3) is 3.92. The normalized spacial score (nSPS) is 17.4. The van der Waals surface area contributed by atoms with Gasteiger partial charge in [0.2, 0.25) is 10.0 Å². The van der Waals surface area contributed by atoms with Gasteiger partial charge in [0.25, 0.3) is 0 Å². The Morgan fingerprint density at radius 1 is 1.47 bits per heavy atom. The van der Waals surface area contributed by atoms with Crippen molar-refractivity contribution in [1.29, 1.82) is 0 Å². The lowest BCUT2D eigenvalue weighted by Crippen LogP contribution is -2.33. The molecule has 1 aliphatic carbocycles. The molecule has 2 rings (SSSR count). The fourth-order valence-corrected chi connectivity index (χ4v) is 3.70. The molecule has 1 atom stereocenters. The molecule has 1 fully saturated rings. The fourth-order valence-electron chi connectivity index (χ4n) is 2.10. The largest absolute Gasteiger partial charge is 0.326 e. The van der Waals surface area contributed by atoms with Gasteiger partial charge >= 0.3 is 0 Å². The summed E-state index contributed by atoms with van der Waals surface area (Å²) in [5.74, 6) is 0.681. The molecular weight excluding hydrogens is 284 g/mol. The minimum atomic E-state index is -3.50. The smallest absolute Gasteiger partial charge is 0.240 e. The summed E-state index contributed by atoms with van der Waals surface area (Å²) in [5.41, 5.74) is 6.25. The van der Waals surface area contributed by atoms with Crippen LogP contribution in [0.3, 0.4) is 0 Å². The molecule has 3 N–H and O–H groups in total. The van der Waals surface area contributed by atoms with E-state index in [2.05, 4.69) is 4.72 Å². The maximum absolute atomic E-state index is 12.2. The van der Waals surface area contributed by atoms with Crippen molar-refractivity contribution in [2.75, 3.05) is 0 Å². The Hall–Kier alpha value is -0.620. The monoisotopic (exact) mass is 302 g/mol. The molecule has 6 heteroatoms. The molecule has 0 aliphatic heterocycles. The van der Waals surface area contributed by atoms with Crippen molar-refractivity contribution >= 4 is 21.6 Å². The summed E-state index contributed by atoms with van der Waals surface area (Å²) in [7, 11) is -3.50. The van der Waals surface area contributed by atoms with Crippen LogP contribution < -0.4 is 10.5 Å². The summed E-state index contributed by atoms with van der Waals surface area (Å²) in [6.45, 7) is 2.19. The predicted octanol–water partition coefficient (Wildman–Crippen LogP) is 2.27. The number of hydrogen-bond acceptors (Lipinski definition) is 3. The molecule has 0 amide bonds. The molecule has 0 spiro atoms. The van der Waals surface area contributed by atoms with E-state index in [1.54, 1.807) is 12.1 Å². The molecule has 106 valence electrons. The van der Waals surface area contributed by atoms with Crippen molar-refractivity contribution in [2.24, 2.45) is 11.7 Å². The van der Waals surface area contributed by atoms with Gasteiger partial charge in [-0.05, 0) is 37.0 Å². The summed E-state index contributed by atoms with van der Waals surface area (Å²) in [6.07, 6.45) is 3.32. The highest BCUT2D eigenvalue weighted by Crippen LogP contribution is 2.33. The van der Waals surface area contributed by atoms with Gasteiger partial charge in [0.1, 0.15) is 0 Å². The van der Waals surface area contributed by atoms with Gasteiger partial charge < -0.3 is 5.73 Å². The van der Waals surface area contributed by atoms with Crippen molar-refractivity contribution in [3.05, 3.63) is 28.8 Å². The summed E-state index contributed by atoms with van der Waals surface area (Å²) in [4.78, 5) is 0.192. The zero-order valence-corrected chi connectivity index (χ0v) is 12.5. The second-order valence-corrected chi connectivity index (χ2v) is 7.28. The lowest BCUT2D eigenvalue weighted by molar-refractivity contribution is 0.530. The van der Waals surface area contributed by atoms with Crippen LogP contribution >= 0.6 is 11.6 Å². The van der Waals surface area contributed by atoms with Crippen LogP contribution in [-0.2, 0) is 16.6 Å². The summed E-state index contributed by atoms with van der Waals surface area (Å²) >= 11 is 5.99. The Balaban J connectivity index is 2.11. The summed E-state index contributed by atoms with van der Waals surface area (Å²) < 4.78 is 27.1. The SMILES string of the molecule is CC(CC1CC1)NS(=O)(=O)c1ccc(CN)c(Cl)c1. The van der Waals surface area contributed by atoms with E-state index in [0.717, 1.165) is 12.0 Å². The number of hydrogen-bond donors (Lipinski definition) is 2. The molecule has 4 nitrogen and oxygen atoms in total. The fraction of sp³-hybridized carbons (Fsp3) is 0.538. The molecule has 0 bridgehead atoms. The van der Waals surface area contributed by atoms with Crippen molar-refractivity contribution in [3.63, 3.8) is 0 Å². The first kappa shape index (κ1) is 14.8. The van der Waals surface area contributed by atoms with Crippen molar-refractivity contribution < 1.29 is 8.42 Å². The van der Waals surface area contributed by atoms with E-state index in [1.807, 2.05) is 6.92 Å². The zero-order valence-electron chi connectivity index (χ0n) is 10.9. The quantitative estimate of drug-likeness (QED) is 0.846. The lowest BCUT2D eigenvalue weighted by atomic mass is 10.2. The first-order valence-corrected chi connectivity index (χ1v) is 8.29. The Bertz CT molecular complexity index is 556. The minimum absolute atomic E-state index is 0.0505. The third-order valence-corrected chi connectivity index (χ3v) is 5.23. The Labute approximate surface area is 119 Å². The Morgan fingerprint density at radius 3 is 2.68 bits per heavy atom. The van der Waals surface area contributed by atoms with Crippen LogP contribution in [0.2, 0.25) is 5.02 Å². The van der Waals surface area contributed by atoms with Crippen LogP contribution in [0, 0.1) is 5.92 Å². The predicted molar refractivity (Wildman–Crippen MR) is 76.5 cm³/mol. The second kappa shape index (κ2) is 5.79. The Kier molecular flexibility index (Phi) is 4.50. The highest BCUT2D eigenvalue weighted by atomic mass is 35.5. The topological polar surface area (TPSA) is 72.2 Å². The highest BCUT2D eigenvalue weighted by Gasteiger charge is 2.26. The molecule has 19 heavy (non-hydrogen) atoms. The van der Waals surface area contributed by atoms with Crippen LogP contribution in [0.4, 0.5) is 0 Å². The van der Waals surface area contributed by atoms with Crippen LogP contribution in [0.25, 0.3) is 0 Å². The van der Waals surface area contributed by atoms with Gasteiger partial charge in [-0.2, -0.15) is 0 Å². The molecule has 1 saturated carbocycles. The van der Waals surface area contributed by atoms with E-state index >= 15 is 0 Å². The van der Waals surface area contributed by atoms with Gasteiger partial charge in [-0.25, -0.2) is 13.1 Å². The molecule has 1 aliphatic rings. The number of sulfonamides is 1. The zero-order chi connectivity index (χ0) is 14.0. The molecule has 0 radical (unpaired) electrons. The van der Waals surface area contributed by atoms with E-state index in [4.69, 9.17) is 17.3 Å². The van der Waals surface area contributed by atoms with Gasteiger partial charge in [-0.1, -0.05) is 30.5 Å². The van der Waals surface area contributed by atoms with Crippen LogP contribution in [0.1, 0.15) is 31.7 Å². The second-order valence-electron chi connectivity index (χ2n) is 5.16. The van der Waals surface area contributed by atoms with Gasteiger partial charge in [0, 0.05) is 17.6 Å². The average molecular weight is 303 g/mol. The third-order valence-electron chi connectivity index (χ3n) is 3.29. The molecule has 1 unspecified atom stereocenters. The van der Waals surface area contributed by atoms with E-state index < -0.39 is 10.0 Å². The summed E-state index contributed by atoms with van der Waals surface area (Å²) in [6, 6.07) is 4.60. The van der Waals surface area contributed by atoms with E-state index in [9.17, 15) is 8.42 Å². The summed E-state index contributed by atoms with van der Waals surface area (Å²) in [5, 5.41) is 0.389. The van der Waals surface area contributed by atoms with Gasteiger partial charge in [-0.15, -0.1) is 0 Å². The Morgan fingerprint density at radius 2 is 2.16 bits per heavy atom. The molecule has 0 aromatic heterocycles. The van der Waals surface area contributed by atoms with Crippen molar-refractivity contribution in [3.8, 4) is 0 Å². The van der Waals surface area contributed by atoms with E-state index in [-0.39, 0.29) is 10.9 Å². The van der Waals surface area contributed by atoms with E-state index in [0.29, 0.717) is 17.5 Å². The van der Waals surface area contributed by atoms with E-state index in [1.165, 1.54) is 18.9 Å². The van der Waals surface area contributed by atoms with Crippen LogP contribution in [0.5, 0.6) is 0 Å². The number of halogens is 1. The lowest BCUT2D eigenvalue weighted by Gasteiger charge is -2.14. The number of benzene rings is 1.